The van der Waals surface area contributed by atoms with Crippen molar-refractivity contribution in [3.05, 3.63) is 39.8 Å². The molecule has 0 spiro atoms. The minimum atomic E-state index is -0.194. The number of piperazine rings is 1. The Hall–Kier alpha value is -1.05. The molecule has 2 aliphatic rings. The number of thioether (sulfide) groups is 1. The highest BCUT2D eigenvalue weighted by Crippen LogP contribution is 2.32. The summed E-state index contributed by atoms with van der Waals surface area (Å²) < 4.78 is 0. The fourth-order valence-electron chi connectivity index (χ4n) is 2.79. The van der Waals surface area contributed by atoms with E-state index in [9.17, 15) is 9.59 Å². The van der Waals surface area contributed by atoms with Gasteiger partial charge in [0.15, 0.2) is 0 Å². The zero-order valence-corrected chi connectivity index (χ0v) is 16.1. The van der Waals surface area contributed by atoms with Crippen LogP contribution in [0.4, 0.5) is 4.79 Å². The van der Waals surface area contributed by atoms with Crippen molar-refractivity contribution in [3.8, 4) is 0 Å². The van der Waals surface area contributed by atoms with E-state index in [1.54, 1.807) is 18.2 Å². The van der Waals surface area contributed by atoms with E-state index in [0.717, 1.165) is 56.5 Å². The van der Waals surface area contributed by atoms with Gasteiger partial charge in [-0.3, -0.25) is 14.5 Å². The van der Waals surface area contributed by atoms with E-state index in [1.807, 2.05) is 12.1 Å². The first-order valence-corrected chi connectivity index (χ1v) is 9.27. The Morgan fingerprint density at radius 3 is 2.48 bits per heavy atom. The fourth-order valence-corrected chi connectivity index (χ4v) is 3.78. The van der Waals surface area contributed by atoms with Crippen LogP contribution in [0.3, 0.4) is 0 Å². The molecule has 0 unspecified atom stereocenters. The largest absolute Gasteiger partial charge is 0.314 e. The van der Waals surface area contributed by atoms with E-state index in [4.69, 9.17) is 11.6 Å². The van der Waals surface area contributed by atoms with Crippen molar-refractivity contribution in [1.29, 1.82) is 0 Å². The summed E-state index contributed by atoms with van der Waals surface area (Å²) in [4.78, 5) is 28.7. The lowest BCUT2D eigenvalue weighted by Gasteiger charge is -2.27. The van der Waals surface area contributed by atoms with Crippen LogP contribution in [0.15, 0.2) is 29.2 Å². The number of hydrogen-bond donors (Lipinski definition) is 1. The first kappa shape index (κ1) is 20.3. The molecule has 2 amide bonds. The van der Waals surface area contributed by atoms with Gasteiger partial charge in [-0.15, -0.1) is 12.4 Å². The molecule has 0 saturated carbocycles. The van der Waals surface area contributed by atoms with Gasteiger partial charge in [-0.05, 0) is 48.5 Å². The second-order valence-electron chi connectivity index (χ2n) is 5.83. The number of benzene rings is 1. The molecule has 5 nitrogen and oxygen atoms in total. The van der Waals surface area contributed by atoms with Crippen LogP contribution in [0.25, 0.3) is 6.08 Å². The fraction of sp³-hybridized carbons (Fsp3) is 0.412. The van der Waals surface area contributed by atoms with E-state index in [2.05, 4.69) is 10.2 Å². The molecule has 0 aromatic heterocycles. The first-order valence-electron chi connectivity index (χ1n) is 8.07. The van der Waals surface area contributed by atoms with Crippen molar-refractivity contribution in [2.75, 3.05) is 39.3 Å². The summed E-state index contributed by atoms with van der Waals surface area (Å²) in [5.74, 6) is -0.194. The summed E-state index contributed by atoms with van der Waals surface area (Å²) in [6, 6.07) is 7.21. The predicted octanol–water partition coefficient (Wildman–Crippen LogP) is 3.09. The van der Waals surface area contributed by atoms with Gasteiger partial charge in [0.05, 0.1) is 4.91 Å². The normalized spacial score (nSPS) is 20.2. The van der Waals surface area contributed by atoms with E-state index >= 15 is 0 Å². The number of amides is 2. The molecule has 2 aliphatic heterocycles. The third-order valence-corrected chi connectivity index (χ3v) is 5.27. The third kappa shape index (κ3) is 5.46. The smallest absolute Gasteiger partial charge is 0.293 e. The van der Waals surface area contributed by atoms with Crippen LogP contribution >= 0.6 is 35.8 Å². The Labute approximate surface area is 163 Å². The highest BCUT2D eigenvalue weighted by molar-refractivity contribution is 8.18. The summed E-state index contributed by atoms with van der Waals surface area (Å²) in [5.41, 5.74) is 0.866. The van der Waals surface area contributed by atoms with Gasteiger partial charge in [-0.1, -0.05) is 23.7 Å². The Morgan fingerprint density at radius 1 is 1.12 bits per heavy atom. The second kappa shape index (κ2) is 9.59. The maximum absolute atomic E-state index is 12.4. The van der Waals surface area contributed by atoms with Gasteiger partial charge in [0.25, 0.3) is 11.1 Å². The lowest BCUT2D eigenvalue weighted by molar-refractivity contribution is -0.122. The molecule has 0 aliphatic carbocycles. The molecule has 136 valence electrons. The number of rotatable bonds is 5. The average Bonchev–Trinajstić information content (AvgIpc) is 2.85. The maximum Gasteiger partial charge on any atom is 0.293 e. The summed E-state index contributed by atoms with van der Waals surface area (Å²) in [6.45, 7) is 5.46. The number of carbonyl (C=O) groups is 2. The minimum absolute atomic E-state index is 0. The van der Waals surface area contributed by atoms with Crippen LogP contribution in [0.2, 0.25) is 5.02 Å². The average molecular weight is 402 g/mol. The SMILES string of the molecule is Cl.O=C1SC(=Cc2ccc(Cl)cc2)C(=O)N1CCCN1CCNCC1. The van der Waals surface area contributed by atoms with Crippen LogP contribution in [-0.4, -0.2) is 60.2 Å². The standard InChI is InChI=1S/C17H20ClN3O2S.ClH/c18-14-4-2-13(3-5-14)12-15-16(22)21(17(23)24-15)9-1-8-20-10-6-19-7-11-20;/h2-5,12,19H,1,6-11H2;1H. The van der Waals surface area contributed by atoms with Crippen molar-refractivity contribution >= 4 is 53.0 Å². The number of imide groups is 1. The van der Waals surface area contributed by atoms with Crippen LogP contribution in [0, 0.1) is 0 Å². The molecule has 2 fully saturated rings. The molecule has 1 N–H and O–H groups in total. The van der Waals surface area contributed by atoms with Gasteiger partial charge in [-0.25, -0.2) is 0 Å². The molecule has 25 heavy (non-hydrogen) atoms. The number of nitrogens with zero attached hydrogens (tertiary/aromatic N) is 2. The lowest BCUT2D eigenvalue weighted by atomic mass is 10.2. The van der Waals surface area contributed by atoms with Gasteiger partial charge >= 0.3 is 0 Å². The zero-order valence-electron chi connectivity index (χ0n) is 13.7. The highest BCUT2D eigenvalue weighted by Gasteiger charge is 2.34. The van der Waals surface area contributed by atoms with Crippen LogP contribution in [0.1, 0.15) is 12.0 Å². The van der Waals surface area contributed by atoms with E-state index in [-0.39, 0.29) is 23.6 Å². The molecule has 0 atom stereocenters. The predicted molar refractivity (Wildman–Crippen MR) is 105 cm³/mol. The Morgan fingerprint density at radius 2 is 1.80 bits per heavy atom. The van der Waals surface area contributed by atoms with Crippen LogP contribution < -0.4 is 5.32 Å². The molecule has 3 rings (SSSR count). The molecule has 0 bridgehead atoms. The molecule has 1 aromatic rings. The Bertz CT molecular complexity index is 646. The van der Waals surface area contributed by atoms with Crippen molar-refractivity contribution in [2.24, 2.45) is 0 Å². The Balaban J connectivity index is 0.00000225. The Kier molecular flexibility index (Phi) is 7.78. The van der Waals surface area contributed by atoms with Crippen molar-refractivity contribution in [3.63, 3.8) is 0 Å². The molecule has 1 aromatic carbocycles. The monoisotopic (exact) mass is 401 g/mol. The molecule has 2 heterocycles. The van der Waals surface area contributed by atoms with E-state index < -0.39 is 0 Å². The van der Waals surface area contributed by atoms with Crippen LogP contribution in [-0.2, 0) is 4.79 Å². The van der Waals surface area contributed by atoms with Gasteiger partial charge in [0, 0.05) is 37.7 Å². The molecule has 0 radical (unpaired) electrons. The van der Waals surface area contributed by atoms with Crippen molar-refractivity contribution in [1.82, 2.24) is 15.1 Å². The summed E-state index contributed by atoms with van der Waals surface area (Å²) >= 11 is 6.87. The molecule has 2 saturated heterocycles. The zero-order chi connectivity index (χ0) is 16.9. The topological polar surface area (TPSA) is 52.7 Å². The highest BCUT2D eigenvalue weighted by atomic mass is 35.5. The lowest BCUT2D eigenvalue weighted by Crippen LogP contribution is -2.44. The van der Waals surface area contributed by atoms with Gasteiger partial charge < -0.3 is 10.2 Å². The number of carbonyl (C=O) groups excluding carboxylic acids is 2. The van der Waals surface area contributed by atoms with Gasteiger partial charge in [-0.2, -0.15) is 0 Å². The second-order valence-corrected chi connectivity index (χ2v) is 7.26. The quantitative estimate of drug-likeness (QED) is 0.768. The van der Waals surface area contributed by atoms with Crippen LogP contribution in [0.5, 0.6) is 0 Å². The summed E-state index contributed by atoms with van der Waals surface area (Å²) in [7, 11) is 0. The number of halogens is 2. The maximum atomic E-state index is 12.4. The minimum Gasteiger partial charge on any atom is -0.314 e. The third-order valence-electron chi connectivity index (χ3n) is 4.11. The van der Waals surface area contributed by atoms with Gasteiger partial charge in [0.1, 0.15) is 0 Å². The molecular formula is C17H21Cl2N3O2S. The first-order chi connectivity index (χ1) is 11.6. The van der Waals surface area contributed by atoms with E-state index in [1.165, 1.54) is 4.90 Å². The van der Waals surface area contributed by atoms with Gasteiger partial charge in [0.2, 0.25) is 0 Å². The molecular weight excluding hydrogens is 381 g/mol. The summed E-state index contributed by atoms with van der Waals surface area (Å²) in [6.07, 6.45) is 2.56. The van der Waals surface area contributed by atoms with Crippen molar-refractivity contribution in [2.45, 2.75) is 6.42 Å². The summed E-state index contributed by atoms with van der Waals surface area (Å²) in [5, 5.41) is 3.78. The molecule has 8 heteroatoms. The van der Waals surface area contributed by atoms with E-state index in [0.29, 0.717) is 16.5 Å². The van der Waals surface area contributed by atoms with Crippen molar-refractivity contribution < 1.29 is 9.59 Å². The number of nitrogens with one attached hydrogen (secondary N) is 1. The number of hydrogen-bond acceptors (Lipinski definition) is 5.